The lowest BCUT2D eigenvalue weighted by atomic mass is 9.95. The molecule has 0 N–H and O–H groups in total. The Morgan fingerprint density at radius 3 is 2.43 bits per heavy atom. The van der Waals surface area contributed by atoms with Gasteiger partial charge in [-0.05, 0) is 41.6 Å². The van der Waals surface area contributed by atoms with Crippen LogP contribution in [0, 0.1) is 0 Å². The van der Waals surface area contributed by atoms with Crippen molar-refractivity contribution in [3.63, 3.8) is 0 Å². The third kappa shape index (κ3) is 3.43. The van der Waals surface area contributed by atoms with Gasteiger partial charge in [-0.25, -0.2) is 0 Å². The molecule has 0 saturated carbocycles. The predicted octanol–water partition coefficient (Wildman–Crippen LogP) is 4.08. The Morgan fingerprint density at radius 2 is 1.73 bits per heavy atom. The molecule has 2 heterocycles. The molecule has 0 unspecified atom stereocenters. The molecule has 0 atom stereocenters. The van der Waals surface area contributed by atoms with E-state index in [-0.39, 0.29) is 5.97 Å². The van der Waals surface area contributed by atoms with Gasteiger partial charge in [0.05, 0.1) is 32.3 Å². The van der Waals surface area contributed by atoms with Crippen LogP contribution in [0.15, 0.2) is 36.5 Å². The number of aromatic nitrogens is 1. The summed E-state index contributed by atoms with van der Waals surface area (Å²) < 4.78 is 24.3. The topological polar surface area (TPSA) is 57.9 Å². The van der Waals surface area contributed by atoms with E-state index in [1.165, 1.54) is 5.56 Å². The molecule has 30 heavy (non-hydrogen) atoms. The van der Waals surface area contributed by atoms with Gasteiger partial charge in [0.2, 0.25) is 5.69 Å². The second-order valence-electron chi connectivity index (χ2n) is 7.29. The molecule has 6 heteroatoms. The summed E-state index contributed by atoms with van der Waals surface area (Å²) in [5.74, 6) is 2.21. The Balaban J connectivity index is 1.88. The molecule has 3 aromatic rings. The zero-order valence-electron chi connectivity index (χ0n) is 17.8. The predicted molar refractivity (Wildman–Crippen MR) is 113 cm³/mol. The van der Waals surface area contributed by atoms with Crippen LogP contribution in [0.4, 0.5) is 0 Å². The summed E-state index contributed by atoms with van der Waals surface area (Å²) >= 11 is 0. The first-order valence-corrected chi connectivity index (χ1v) is 10.1. The maximum absolute atomic E-state index is 12.2. The molecule has 4 rings (SSSR count). The Labute approximate surface area is 175 Å². The number of methoxy groups -OCH3 is 3. The molecule has 0 spiro atoms. The zero-order chi connectivity index (χ0) is 21.3. The van der Waals surface area contributed by atoms with Gasteiger partial charge in [0.15, 0.2) is 35.7 Å². The van der Waals surface area contributed by atoms with Crippen LogP contribution in [0.1, 0.15) is 25.3 Å². The third-order valence-corrected chi connectivity index (χ3v) is 5.48. The number of fused-ring (bicyclic) bond motifs is 4. The minimum Gasteiger partial charge on any atom is -0.493 e. The van der Waals surface area contributed by atoms with Crippen molar-refractivity contribution in [2.24, 2.45) is 0 Å². The van der Waals surface area contributed by atoms with E-state index in [2.05, 4.69) is 10.6 Å². The van der Waals surface area contributed by atoms with Crippen molar-refractivity contribution < 1.29 is 28.3 Å². The molecule has 1 aliphatic heterocycles. The molecule has 0 amide bonds. The molecular formula is C24H26NO5+. The summed E-state index contributed by atoms with van der Waals surface area (Å²) in [5.41, 5.74) is 3.41. The second-order valence-corrected chi connectivity index (χ2v) is 7.29. The molecule has 1 aliphatic rings. The SMILES string of the molecule is CCCC(=O)Oc1c(OC)ccc2cc3[n+](cc12)CCc1cc(OC)c(OC)cc1-3. The highest BCUT2D eigenvalue weighted by Crippen LogP contribution is 2.40. The van der Waals surface area contributed by atoms with Crippen molar-refractivity contribution in [1.29, 1.82) is 0 Å². The number of hydrogen-bond donors (Lipinski definition) is 0. The summed E-state index contributed by atoms with van der Waals surface area (Å²) in [5, 5.41) is 1.83. The van der Waals surface area contributed by atoms with Gasteiger partial charge in [-0.1, -0.05) is 6.92 Å². The summed E-state index contributed by atoms with van der Waals surface area (Å²) in [6.07, 6.45) is 4.01. The first-order chi connectivity index (χ1) is 14.6. The molecule has 2 aromatic carbocycles. The second kappa shape index (κ2) is 8.22. The average Bonchev–Trinajstić information content (AvgIpc) is 2.77. The number of benzene rings is 2. The molecule has 156 valence electrons. The van der Waals surface area contributed by atoms with Crippen molar-refractivity contribution in [2.45, 2.75) is 32.7 Å². The lowest BCUT2D eigenvalue weighted by Crippen LogP contribution is -2.40. The van der Waals surface area contributed by atoms with E-state index in [4.69, 9.17) is 18.9 Å². The number of carbonyl (C=O) groups excluding carboxylic acids is 1. The van der Waals surface area contributed by atoms with Crippen LogP contribution in [0.25, 0.3) is 22.0 Å². The van der Waals surface area contributed by atoms with Gasteiger partial charge in [-0.15, -0.1) is 0 Å². The quantitative estimate of drug-likeness (QED) is 0.349. The monoisotopic (exact) mass is 408 g/mol. The van der Waals surface area contributed by atoms with E-state index in [9.17, 15) is 4.79 Å². The standard InChI is InChI=1S/C24H26NO5/c1-5-6-23(26)30-24-18-14-25-10-9-16-12-21(28-3)22(29-4)13-17(16)19(25)11-15(18)7-8-20(24)27-2/h7-8,11-14H,5-6,9-10H2,1-4H3/q+1. The van der Waals surface area contributed by atoms with E-state index in [1.807, 2.05) is 37.4 Å². The van der Waals surface area contributed by atoms with Crippen LogP contribution in [-0.2, 0) is 17.8 Å². The maximum Gasteiger partial charge on any atom is 0.311 e. The maximum atomic E-state index is 12.2. The molecule has 0 bridgehead atoms. The fourth-order valence-corrected chi connectivity index (χ4v) is 3.97. The molecule has 6 nitrogen and oxygen atoms in total. The summed E-state index contributed by atoms with van der Waals surface area (Å²) in [6, 6.07) is 10.0. The highest BCUT2D eigenvalue weighted by molar-refractivity contribution is 5.93. The largest absolute Gasteiger partial charge is 0.493 e. The lowest BCUT2D eigenvalue weighted by molar-refractivity contribution is -0.686. The van der Waals surface area contributed by atoms with Gasteiger partial charge in [0.1, 0.15) is 0 Å². The van der Waals surface area contributed by atoms with Crippen LogP contribution in [0.3, 0.4) is 0 Å². The summed E-state index contributed by atoms with van der Waals surface area (Å²) in [4.78, 5) is 12.2. The number of carbonyl (C=O) groups is 1. The van der Waals surface area contributed by atoms with Crippen LogP contribution < -0.4 is 23.5 Å². The van der Waals surface area contributed by atoms with E-state index in [0.717, 1.165) is 47.2 Å². The Kier molecular flexibility index (Phi) is 5.48. The van der Waals surface area contributed by atoms with Gasteiger partial charge in [0.25, 0.3) is 0 Å². The van der Waals surface area contributed by atoms with Crippen LogP contribution in [0.5, 0.6) is 23.0 Å². The molecular weight excluding hydrogens is 382 g/mol. The number of aryl methyl sites for hydroxylation is 2. The fraction of sp³-hybridized carbons (Fsp3) is 0.333. The van der Waals surface area contributed by atoms with E-state index in [0.29, 0.717) is 23.7 Å². The molecule has 0 aliphatic carbocycles. The number of pyridine rings is 1. The average molecular weight is 408 g/mol. The van der Waals surface area contributed by atoms with Gasteiger partial charge >= 0.3 is 5.97 Å². The summed E-state index contributed by atoms with van der Waals surface area (Å²) in [6.45, 7) is 2.77. The Bertz CT molecular complexity index is 1120. The van der Waals surface area contributed by atoms with Crippen LogP contribution in [0.2, 0.25) is 0 Å². The van der Waals surface area contributed by atoms with Gasteiger partial charge in [-0.3, -0.25) is 4.79 Å². The number of hydrogen-bond acceptors (Lipinski definition) is 5. The fourth-order valence-electron chi connectivity index (χ4n) is 3.97. The molecule has 1 aromatic heterocycles. The van der Waals surface area contributed by atoms with Gasteiger partial charge in [0, 0.05) is 18.9 Å². The van der Waals surface area contributed by atoms with Crippen molar-refractivity contribution in [2.75, 3.05) is 21.3 Å². The Morgan fingerprint density at radius 1 is 1.00 bits per heavy atom. The van der Waals surface area contributed by atoms with Gasteiger partial charge < -0.3 is 18.9 Å². The molecule has 0 fully saturated rings. The van der Waals surface area contributed by atoms with Crippen molar-refractivity contribution in [1.82, 2.24) is 0 Å². The van der Waals surface area contributed by atoms with Crippen LogP contribution >= 0.6 is 0 Å². The van der Waals surface area contributed by atoms with E-state index in [1.54, 1.807) is 21.3 Å². The highest BCUT2D eigenvalue weighted by Gasteiger charge is 2.27. The van der Waals surface area contributed by atoms with Gasteiger partial charge in [-0.2, -0.15) is 4.57 Å². The van der Waals surface area contributed by atoms with E-state index >= 15 is 0 Å². The Hall–Kier alpha value is -3.28. The molecule has 0 radical (unpaired) electrons. The van der Waals surface area contributed by atoms with Crippen molar-refractivity contribution in [3.8, 4) is 34.3 Å². The lowest BCUT2D eigenvalue weighted by Gasteiger charge is -2.19. The number of nitrogens with zero attached hydrogens (tertiary/aromatic N) is 1. The van der Waals surface area contributed by atoms with Crippen LogP contribution in [-0.4, -0.2) is 27.3 Å². The minimum atomic E-state index is -0.256. The first-order valence-electron chi connectivity index (χ1n) is 10.1. The van der Waals surface area contributed by atoms with Crippen molar-refractivity contribution in [3.05, 3.63) is 42.1 Å². The van der Waals surface area contributed by atoms with Crippen molar-refractivity contribution >= 4 is 16.7 Å². The zero-order valence-corrected chi connectivity index (χ0v) is 17.8. The number of ether oxygens (including phenoxy) is 4. The normalized spacial score (nSPS) is 12.1. The highest BCUT2D eigenvalue weighted by atomic mass is 16.6. The van der Waals surface area contributed by atoms with E-state index < -0.39 is 0 Å². The molecule has 0 saturated heterocycles. The number of esters is 1. The number of rotatable bonds is 6. The third-order valence-electron chi connectivity index (χ3n) is 5.48. The summed E-state index contributed by atoms with van der Waals surface area (Å²) in [7, 11) is 4.88. The minimum absolute atomic E-state index is 0.256. The smallest absolute Gasteiger partial charge is 0.311 e. The first kappa shape index (κ1) is 20.0.